The predicted octanol–water partition coefficient (Wildman–Crippen LogP) is 6.02. The highest BCUT2D eigenvalue weighted by Gasteiger charge is 2.46. The van der Waals surface area contributed by atoms with E-state index >= 15 is 0 Å². The third kappa shape index (κ3) is 4.17. The minimum Gasteiger partial charge on any atom is -0.430 e. The number of rotatable bonds is 7. The smallest absolute Gasteiger partial charge is 0.365 e. The van der Waals surface area contributed by atoms with Crippen LogP contribution in [0.1, 0.15) is 43.6 Å². The largest absolute Gasteiger partial charge is 0.430 e. The number of anilines is 1. The van der Waals surface area contributed by atoms with Gasteiger partial charge in [-0.05, 0) is 49.9 Å². The van der Waals surface area contributed by atoms with Crippen LogP contribution in [0.4, 0.5) is 11.4 Å². The maximum Gasteiger partial charge on any atom is 0.365 e. The minimum atomic E-state index is -0.459. The van der Waals surface area contributed by atoms with E-state index in [-0.39, 0.29) is 16.7 Å². The molecule has 2 heterocycles. The summed E-state index contributed by atoms with van der Waals surface area (Å²) in [5, 5.41) is 11.7. The van der Waals surface area contributed by atoms with E-state index in [0.29, 0.717) is 0 Å². The van der Waals surface area contributed by atoms with Crippen molar-refractivity contribution in [2.45, 2.75) is 38.7 Å². The van der Waals surface area contributed by atoms with Crippen LogP contribution in [-0.4, -0.2) is 35.0 Å². The number of allylic oxidation sites excluding steroid dienone is 1. The fourth-order valence-corrected chi connectivity index (χ4v) is 5.56. The molecule has 0 saturated carbocycles. The lowest BCUT2D eigenvalue weighted by Gasteiger charge is -2.29. The topological polar surface area (TPSA) is 58.6 Å². The van der Waals surface area contributed by atoms with Gasteiger partial charge in [-0.3, -0.25) is 10.1 Å². The summed E-state index contributed by atoms with van der Waals surface area (Å²) in [5.41, 5.74) is 5.12. The van der Waals surface area contributed by atoms with Crippen LogP contribution >= 0.6 is 0 Å². The van der Waals surface area contributed by atoms with E-state index in [0.717, 1.165) is 54.5 Å². The number of likely N-dealkylation sites (N-methyl/N-ethyl adjacent to an activating group) is 2. The van der Waals surface area contributed by atoms with E-state index in [1.54, 1.807) is 12.1 Å². The van der Waals surface area contributed by atoms with Crippen molar-refractivity contribution in [3.8, 4) is 0 Å². The van der Waals surface area contributed by atoms with Crippen molar-refractivity contribution in [2.24, 2.45) is 0 Å². The van der Waals surface area contributed by atoms with Crippen molar-refractivity contribution in [3.05, 3.63) is 117 Å². The SMILES string of the molecule is CCN1/C(=C/C2=[N+](CC)CC(c3ccccc3)O2)C(C)(Cc2ccccc2)c2cc([N+](=O)[O-])ccc21. The highest BCUT2D eigenvalue weighted by atomic mass is 16.6. The maximum atomic E-state index is 11.7. The van der Waals surface area contributed by atoms with Gasteiger partial charge in [-0.2, -0.15) is 4.58 Å². The van der Waals surface area contributed by atoms with Gasteiger partial charge in [0.2, 0.25) is 0 Å². The number of nitro groups is 1. The summed E-state index contributed by atoms with van der Waals surface area (Å²) in [6.07, 6.45) is 2.87. The number of hydrogen-bond donors (Lipinski definition) is 0. The number of hydrogen-bond acceptors (Lipinski definition) is 4. The molecule has 0 aliphatic carbocycles. The second-order valence-corrected chi connectivity index (χ2v) is 9.62. The van der Waals surface area contributed by atoms with Crippen LogP contribution in [-0.2, 0) is 16.6 Å². The Hall–Kier alpha value is -3.93. The van der Waals surface area contributed by atoms with Crippen LogP contribution in [0.5, 0.6) is 0 Å². The quantitative estimate of drug-likeness (QED) is 0.235. The van der Waals surface area contributed by atoms with Crippen molar-refractivity contribution in [1.82, 2.24) is 0 Å². The summed E-state index contributed by atoms with van der Waals surface area (Å²) in [6.45, 7) is 8.84. The fourth-order valence-electron chi connectivity index (χ4n) is 5.56. The van der Waals surface area contributed by atoms with E-state index in [4.69, 9.17) is 4.74 Å². The molecule has 5 rings (SSSR count). The molecule has 2 aliphatic heterocycles. The molecule has 0 amide bonds. The average Bonchev–Trinajstić information content (AvgIpc) is 3.41. The Kier molecular flexibility index (Phi) is 6.35. The molecule has 0 fully saturated rings. The first-order chi connectivity index (χ1) is 17.4. The zero-order valence-electron chi connectivity index (χ0n) is 21.1. The summed E-state index contributed by atoms with van der Waals surface area (Å²) < 4.78 is 8.81. The van der Waals surface area contributed by atoms with Crippen LogP contribution in [0, 0.1) is 10.1 Å². The standard InChI is InChI=1S/C30H32N3O3/c1-4-31-21-27(23-14-10-7-11-15-23)36-29(31)19-28-30(3,20-22-12-8-6-9-13-22)25-18-24(33(34)35)16-17-26(25)32(28)5-2/h6-19,27H,4-5,20-21H2,1-3H3/q+1. The van der Waals surface area contributed by atoms with Gasteiger partial charge in [0, 0.05) is 35.5 Å². The summed E-state index contributed by atoms with van der Waals surface area (Å²) in [7, 11) is 0. The molecule has 6 heteroatoms. The van der Waals surface area contributed by atoms with Crippen LogP contribution in [0.3, 0.4) is 0 Å². The van der Waals surface area contributed by atoms with Gasteiger partial charge in [-0.1, -0.05) is 60.7 Å². The molecular formula is C30H32N3O3+. The summed E-state index contributed by atoms with van der Waals surface area (Å²) in [5.74, 6) is 0.849. The highest BCUT2D eigenvalue weighted by Crippen LogP contribution is 2.50. The first-order valence-corrected chi connectivity index (χ1v) is 12.6. The summed E-state index contributed by atoms with van der Waals surface area (Å²) in [4.78, 5) is 13.7. The second-order valence-electron chi connectivity index (χ2n) is 9.62. The molecule has 184 valence electrons. The molecular weight excluding hydrogens is 450 g/mol. The molecule has 0 radical (unpaired) electrons. The Balaban J connectivity index is 1.62. The van der Waals surface area contributed by atoms with Crippen molar-refractivity contribution in [2.75, 3.05) is 24.5 Å². The number of non-ortho nitro benzene ring substituents is 1. The molecule has 0 N–H and O–H groups in total. The van der Waals surface area contributed by atoms with E-state index in [2.05, 4.69) is 60.6 Å². The maximum absolute atomic E-state index is 11.7. The molecule has 2 aliphatic rings. The van der Waals surface area contributed by atoms with Gasteiger partial charge in [0.1, 0.15) is 6.54 Å². The third-order valence-electron chi connectivity index (χ3n) is 7.42. The Morgan fingerprint density at radius 3 is 2.42 bits per heavy atom. The van der Waals surface area contributed by atoms with Gasteiger partial charge in [-0.25, -0.2) is 0 Å². The van der Waals surface area contributed by atoms with Crippen molar-refractivity contribution in [1.29, 1.82) is 0 Å². The summed E-state index contributed by atoms with van der Waals surface area (Å²) in [6, 6.07) is 25.9. The lowest BCUT2D eigenvalue weighted by Crippen LogP contribution is -2.32. The first kappa shape index (κ1) is 23.8. The lowest BCUT2D eigenvalue weighted by molar-refractivity contribution is -0.517. The fraction of sp³-hybridized carbons (Fsp3) is 0.300. The molecule has 0 saturated heterocycles. The zero-order valence-corrected chi connectivity index (χ0v) is 21.1. The Morgan fingerprint density at radius 1 is 1.08 bits per heavy atom. The third-order valence-corrected chi connectivity index (χ3v) is 7.42. The van der Waals surface area contributed by atoms with Gasteiger partial charge in [0.15, 0.2) is 12.6 Å². The molecule has 3 aromatic carbocycles. The molecule has 3 aromatic rings. The molecule has 6 nitrogen and oxygen atoms in total. The van der Waals surface area contributed by atoms with Gasteiger partial charge >= 0.3 is 5.90 Å². The second kappa shape index (κ2) is 9.61. The Labute approximate surface area is 212 Å². The van der Waals surface area contributed by atoms with E-state index in [1.165, 1.54) is 5.56 Å². The first-order valence-electron chi connectivity index (χ1n) is 12.6. The molecule has 36 heavy (non-hydrogen) atoms. The van der Waals surface area contributed by atoms with Crippen molar-refractivity contribution < 1.29 is 14.2 Å². The Morgan fingerprint density at radius 2 is 1.78 bits per heavy atom. The summed E-state index contributed by atoms with van der Waals surface area (Å²) >= 11 is 0. The van der Waals surface area contributed by atoms with Gasteiger partial charge < -0.3 is 9.64 Å². The minimum absolute atomic E-state index is 0.0293. The van der Waals surface area contributed by atoms with E-state index < -0.39 is 5.41 Å². The predicted molar refractivity (Wildman–Crippen MR) is 143 cm³/mol. The average molecular weight is 483 g/mol. The number of benzene rings is 3. The normalized spacial score (nSPS) is 22.1. The molecule has 2 atom stereocenters. The zero-order chi connectivity index (χ0) is 25.3. The van der Waals surface area contributed by atoms with Crippen LogP contribution in [0.2, 0.25) is 0 Å². The molecule has 0 bridgehead atoms. The van der Waals surface area contributed by atoms with Crippen molar-refractivity contribution >= 4 is 17.3 Å². The number of nitro benzene ring substituents is 1. The molecule has 2 unspecified atom stereocenters. The van der Waals surface area contributed by atoms with E-state index in [9.17, 15) is 10.1 Å². The van der Waals surface area contributed by atoms with Gasteiger partial charge in [-0.15, -0.1) is 0 Å². The van der Waals surface area contributed by atoms with Crippen LogP contribution in [0.25, 0.3) is 0 Å². The van der Waals surface area contributed by atoms with Crippen LogP contribution in [0.15, 0.2) is 90.6 Å². The monoisotopic (exact) mass is 482 g/mol. The Bertz CT molecular complexity index is 1330. The molecule has 0 spiro atoms. The number of ether oxygens (including phenoxy) is 1. The lowest BCUT2D eigenvalue weighted by atomic mass is 9.76. The highest BCUT2D eigenvalue weighted by molar-refractivity contribution is 5.88. The number of nitrogens with zero attached hydrogens (tertiary/aromatic N) is 3. The molecule has 0 aromatic heterocycles. The number of fused-ring (bicyclic) bond motifs is 1. The van der Waals surface area contributed by atoms with Gasteiger partial charge in [0.25, 0.3) is 5.69 Å². The van der Waals surface area contributed by atoms with Gasteiger partial charge in [0.05, 0.1) is 11.0 Å². The van der Waals surface area contributed by atoms with Crippen molar-refractivity contribution in [3.63, 3.8) is 0 Å². The van der Waals surface area contributed by atoms with Crippen LogP contribution < -0.4 is 4.90 Å². The van der Waals surface area contributed by atoms with E-state index in [1.807, 2.05) is 42.5 Å².